The Balaban J connectivity index is 2.20. The van der Waals surface area contributed by atoms with Gasteiger partial charge < -0.3 is 14.2 Å². The van der Waals surface area contributed by atoms with Crippen molar-refractivity contribution in [3.63, 3.8) is 0 Å². The van der Waals surface area contributed by atoms with Gasteiger partial charge in [-0.1, -0.05) is 25.1 Å². The van der Waals surface area contributed by atoms with Crippen LogP contribution in [0.3, 0.4) is 0 Å². The molecule has 0 unspecified atom stereocenters. The van der Waals surface area contributed by atoms with E-state index in [9.17, 15) is 0 Å². The first-order valence-electron chi connectivity index (χ1n) is 7.28. The topological polar surface area (TPSA) is 27.7 Å². The molecule has 0 bridgehead atoms. The molecule has 0 aromatic heterocycles. The highest BCUT2D eigenvalue weighted by molar-refractivity contribution is 5.42. The van der Waals surface area contributed by atoms with Gasteiger partial charge in [-0.2, -0.15) is 0 Å². The summed E-state index contributed by atoms with van der Waals surface area (Å²) in [6.45, 7) is 6.47. The summed E-state index contributed by atoms with van der Waals surface area (Å²) in [5, 5.41) is 0. The lowest BCUT2D eigenvalue weighted by Crippen LogP contribution is -1.98. The summed E-state index contributed by atoms with van der Waals surface area (Å²) in [5.74, 6) is 1.60. The number of methoxy groups -OCH3 is 1. The molecule has 0 aliphatic heterocycles. The Hall–Kier alpha value is -1.48. The van der Waals surface area contributed by atoms with Crippen molar-refractivity contribution < 1.29 is 14.2 Å². The van der Waals surface area contributed by atoms with E-state index in [1.165, 1.54) is 5.56 Å². The minimum Gasteiger partial charge on any atom is -0.493 e. The molecule has 0 N–H and O–H groups in total. The van der Waals surface area contributed by atoms with Crippen molar-refractivity contribution in [3.8, 4) is 11.5 Å². The standard InChI is InChI=1S/C17H26O3/c1-4-11-19-12-7-5-6-8-13-20-17-14-15(2)9-10-16(17)18-3/h5-6,9-10,14H,4,7-8,11-13H2,1-3H3/b6-5-. The summed E-state index contributed by atoms with van der Waals surface area (Å²) in [5.41, 5.74) is 1.17. The van der Waals surface area contributed by atoms with Crippen LogP contribution in [0.1, 0.15) is 31.7 Å². The summed E-state index contributed by atoms with van der Waals surface area (Å²) in [6.07, 6.45) is 7.22. The van der Waals surface area contributed by atoms with Crippen molar-refractivity contribution in [1.82, 2.24) is 0 Å². The SMILES string of the molecule is CCCOCC/C=C\CCOc1cc(C)ccc1OC. The monoisotopic (exact) mass is 278 g/mol. The van der Waals surface area contributed by atoms with Crippen molar-refractivity contribution in [2.24, 2.45) is 0 Å². The Morgan fingerprint density at radius 3 is 2.45 bits per heavy atom. The normalized spacial score (nSPS) is 10.9. The number of rotatable bonds is 10. The van der Waals surface area contributed by atoms with Crippen LogP contribution >= 0.6 is 0 Å². The maximum atomic E-state index is 5.75. The molecule has 3 heteroatoms. The van der Waals surface area contributed by atoms with Gasteiger partial charge >= 0.3 is 0 Å². The van der Waals surface area contributed by atoms with Crippen LogP contribution < -0.4 is 9.47 Å². The molecule has 0 aliphatic carbocycles. The molecule has 0 fully saturated rings. The molecule has 0 aliphatic rings. The van der Waals surface area contributed by atoms with E-state index in [0.717, 1.165) is 44.0 Å². The fraction of sp³-hybridized carbons (Fsp3) is 0.529. The average molecular weight is 278 g/mol. The first-order valence-corrected chi connectivity index (χ1v) is 7.28. The number of hydrogen-bond donors (Lipinski definition) is 0. The molecular formula is C17H26O3. The quantitative estimate of drug-likeness (QED) is 0.475. The van der Waals surface area contributed by atoms with Gasteiger partial charge in [-0.3, -0.25) is 0 Å². The molecule has 1 aromatic rings. The van der Waals surface area contributed by atoms with E-state index >= 15 is 0 Å². The third kappa shape index (κ3) is 6.62. The van der Waals surface area contributed by atoms with Crippen LogP contribution in [-0.2, 0) is 4.74 Å². The molecule has 3 nitrogen and oxygen atoms in total. The largest absolute Gasteiger partial charge is 0.493 e. The van der Waals surface area contributed by atoms with E-state index in [-0.39, 0.29) is 0 Å². The molecule has 0 saturated carbocycles. The molecule has 0 heterocycles. The maximum absolute atomic E-state index is 5.75. The van der Waals surface area contributed by atoms with Gasteiger partial charge in [0.05, 0.1) is 20.3 Å². The summed E-state index contributed by atoms with van der Waals surface area (Å²) in [7, 11) is 1.66. The molecular weight excluding hydrogens is 252 g/mol. The van der Waals surface area contributed by atoms with Crippen molar-refractivity contribution in [2.45, 2.75) is 33.1 Å². The first kappa shape index (κ1) is 16.6. The molecule has 20 heavy (non-hydrogen) atoms. The zero-order valence-corrected chi connectivity index (χ0v) is 12.9. The van der Waals surface area contributed by atoms with Crippen LogP contribution in [-0.4, -0.2) is 26.9 Å². The number of hydrogen-bond acceptors (Lipinski definition) is 3. The molecule has 0 radical (unpaired) electrons. The summed E-state index contributed by atoms with van der Waals surface area (Å²) >= 11 is 0. The molecule has 0 saturated heterocycles. The van der Waals surface area contributed by atoms with Gasteiger partial charge in [0.1, 0.15) is 0 Å². The van der Waals surface area contributed by atoms with Gasteiger partial charge in [-0.25, -0.2) is 0 Å². The highest BCUT2D eigenvalue weighted by atomic mass is 16.5. The lowest BCUT2D eigenvalue weighted by Gasteiger charge is -2.10. The van der Waals surface area contributed by atoms with Crippen LogP contribution in [0.25, 0.3) is 0 Å². The van der Waals surface area contributed by atoms with Crippen LogP contribution in [0.5, 0.6) is 11.5 Å². The molecule has 0 spiro atoms. The van der Waals surface area contributed by atoms with Gasteiger partial charge in [-0.15, -0.1) is 0 Å². The van der Waals surface area contributed by atoms with Crippen LogP contribution in [0, 0.1) is 6.92 Å². The summed E-state index contributed by atoms with van der Waals surface area (Å²) in [6, 6.07) is 5.95. The maximum Gasteiger partial charge on any atom is 0.161 e. The minimum absolute atomic E-state index is 0.659. The van der Waals surface area contributed by atoms with E-state index in [4.69, 9.17) is 14.2 Å². The van der Waals surface area contributed by atoms with Crippen molar-refractivity contribution in [3.05, 3.63) is 35.9 Å². The van der Waals surface area contributed by atoms with E-state index < -0.39 is 0 Å². The lowest BCUT2D eigenvalue weighted by atomic mass is 10.2. The van der Waals surface area contributed by atoms with Crippen molar-refractivity contribution in [2.75, 3.05) is 26.9 Å². The van der Waals surface area contributed by atoms with Crippen LogP contribution in [0.4, 0.5) is 0 Å². The van der Waals surface area contributed by atoms with E-state index in [1.54, 1.807) is 7.11 Å². The molecule has 1 aromatic carbocycles. The highest BCUT2D eigenvalue weighted by Crippen LogP contribution is 2.27. The van der Waals surface area contributed by atoms with Crippen LogP contribution in [0.2, 0.25) is 0 Å². The number of benzene rings is 1. The Labute approximate surface area is 122 Å². The number of ether oxygens (including phenoxy) is 3. The Bertz CT molecular complexity index is 399. The molecule has 112 valence electrons. The predicted molar refractivity (Wildman–Crippen MR) is 82.7 cm³/mol. The zero-order chi connectivity index (χ0) is 14.6. The number of aryl methyl sites for hydroxylation is 1. The fourth-order valence-electron chi connectivity index (χ4n) is 1.77. The highest BCUT2D eigenvalue weighted by Gasteiger charge is 2.03. The van der Waals surface area contributed by atoms with Gasteiger partial charge in [0.25, 0.3) is 0 Å². The zero-order valence-electron chi connectivity index (χ0n) is 12.9. The Kier molecular flexibility index (Phi) is 8.56. The second-order valence-electron chi connectivity index (χ2n) is 4.66. The van der Waals surface area contributed by atoms with Gasteiger partial charge in [0.2, 0.25) is 0 Å². The predicted octanol–water partition coefficient (Wildman–Crippen LogP) is 4.15. The van der Waals surface area contributed by atoms with Crippen LogP contribution in [0.15, 0.2) is 30.4 Å². The minimum atomic E-state index is 0.659. The molecule has 1 rings (SSSR count). The first-order chi connectivity index (χ1) is 9.77. The summed E-state index contributed by atoms with van der Waals surface area (Å²) < 4.78 is 16.4. The van der Waals surface area contributed by atoms with Crippen molar-refractivity contribution >= 4 is 0 Å². The fourth-order valence-corrected chi connectivity index (χ4v) is 1.77. The summed E-state index contributed by atoms with van der Waals surface area (Å²) in [4.78, 5) is 0. The van der Waals surface area contributed by atoms with Crippen molar-refractivity contribution in [1.29, 1.82) is 0 Å². The van der Waals surface area contributed by atoms with Gasteiger partial charge in [0.15, 0.2) is 11.5 Å². The van der Waals surface area contributed by atoms with E-state index in [2.05, 4.69) is 19.1 Å². The second kappa shape index (κ2) is 10.3. The smallest absolute Gasteiger partial charge is 0.161 e. The van der Waals surface area contributed by atoms with Gasteiger partial charge in [0, 0.05) is 6.61 Å². The molecule has 0 atom stereocenters. The third-order valence-corrected chi connectivity index (χ3v) is 2.81. The lowest BCUT2D eigenvalue weighted by molar-refractivity contribution is 0.139. The Morgan fingerprint density at radius 2 is 1.75 bits per heavy atom. The molecule has 0 amide bonds. The van der Waals surface area contributed by atoms with Gasteiger partial charge in [-0.05, 0) is 43.9 Å². The Morgan fingerprint density at radius 1 is 1.00 bits per heavy atom. The van der Waals surface area contributed by atoms with E-state index in [0.29, 0.717) is 6.61 Å². The second-order valence-corrected chi connectivity index (χ2v) is 4.66. The average Bonchev–Trinajstić information content (AvgIpc) is 2.46. The van der Waals surface area contributed by atoms with E-state index in [1.807, 2.05) is 25.1 Å². The third-order valence-electron chi connectivity index (χ3n) is 2.81.